The number of likely N-dealkylation sites (tertiary alicyclic amines) is 1. The zero-order chi connectivity index (χ0) is 16.7. The van der Waals surface area contributed by atoms with Crippen molar-refractivity contribution in [1.29, 1.82) is 0 Å². The van der Waals surface area contributed by atoms with Crippen LogP contribution in [0.25, 0.3) is 0 Å². The van der Waals surface area contributed by atoms with Crippen molar-refractivity contribution in [3.05, 3.63) is 5.82 Å². The minimum absolute atomic E-state index is 0.123. The highest BCUT2D eigenvalue weighted by Crippen LogP contribution is 2.41. The van der Waals surface area contributed by atoms with Gasteiger partial charge in [-0.3, -0.25) is 4.90 Å². The first-order chi connectivity index (χ1) is 10.8. The van der Waals surface area contributed by atoms with Crippen LogP contribution in [0.5, 0.6) is 0 Å². The summed E-state index contributed by atoms with van der Waals surface area (Å²) in [5.41, 5.74) is -0.401. The molecular weight excluding hydrogens is 294 g/mol. The van der Waals surface area contributed by atoms with Crippen molar-refractivity contribution >= 4 is 0 Å². The van der Waals surface area contributed by atoms with Gasteiger partial charge >= 0.3 is 0 Å². The molecule has 0 radical (unpaired) electrons. The maximum absolute atomic E-state index is 10.6. The third-order valence-corrected chi connectivity index (χ3v) is 5.53. The van der Waals surface area contributed by atoms with E-state index in [-0.39, 0.29) is 17.1 Å². The standard InChI is InChI=1S/C16H29N5O2/c1-15(2)11-20(16(3,4)14(15)22)10-13-17-18-19-21(13)9-12-5-7-23-8-6-12/h12,14,22H,5-11H2,1-4H3. The maximum Gasteiger partial charge on any atom is 0.165 e. The van der Waals surface area contributed by atoms with Crippen molar-refractivity contribution < 1.29 is 9.84 Å². The molecule has 0 aliphatic carbocycles. The molecule has 1 N–H and O–H groups in total. The van der Waals surface area contributed by atoms with Crippen LogP contribution in [0.4, 0.5) is 0 Å². The zero-order valence-corrected chi connectivity index (χ0v) is 14.7. The predicted molar refractivity (Wildman–Crippen MR) is 85.6 cm³/mol. The summed E-state index contributed by atoms with van der Waals surface area (Å²) < 4.78 is 7.36. The second-order valence-electron chi connectivity index (χ2n) is 8.23. The molecule has 3 heterocycles. The van der Waals surface area contributed by atoms with Crippen LogP contribution < -0.4 is 0 Å². The van der Waals surface area contributed by atoms with Crippen LogP contribution in [0.3, 0.4) is 0 Å². The summed E-state index contributed by atoms with van der Waals surface area (Å²) >= 11 is 0. The number of aromatic nitrogens is 4. The van der Waals surface area contributed by atoms with Gasteiger partial charge < -0.3 is 9.84 Å². The van der Waals surface area contributed by atoms with E-state index in [1.165, 1.54) is 0 Å². The van der Waals surface area contributed by atoms with E-state index in [2.05, 4.69) is 48.1 Å². The summed E-state index contributed by atoms with van der Waals surface area (Å²) in [7, 11) is 0. The monoisotopic (exact) mass is 323 g/mol. The Balaban J connectivity index is 1.70. The van der Waals surface area contributed by atoms with Gasteiger partial charge in [0.05, 0.1) is 12.6 Å². The normalized spacial score (nSPS) is 28.3. The second kappa shape index (κ2) is 6.11. The van der Waals surface area contributed by atoms with E-state index in [1.54, 1.807) is 0 Å². The lowest BCUT2D eigenvalue weighted by molar-refractivity contribution is 0.0169. The number of nitrogens with zero attached hydrogens (tertiary/aromatic N) is 5. The molecule has 2 aliphatic heterocycles. The summed E-state index contributed by atoms with van der Waals surface area (Å²) in [4.78, 5) is 2.30. The summed E-state index contributed by atoms with van der Waals surface area (Å²) in [6, 6.07) is 0. The number of aliphatic hydroxyl groups excluding tert-OH is 1. The van der Waals surface area contributed by atoms with E-state index in [1.807, 2.05) is 4.68 Å². The first-order valence-corrected chi connectivity index (χ1v) is 8.56. The molecule has 0 aromatic carbocycles. The predicted octanol–water partition coefficient (Wildman–Crippen LogP) is 1.08. The summed E-state index contributed by atoms with van der Waals surface area (Å²) in [6.45, 7) is 12.5. The number of tetrazole rings is 1. The van der Waals surface area contributed by atoms with Gasteiger partial charge in [-0.05, 0) is 43.0 Å². The smallest absolute Gasteiger partial charge is 0.165 e. The lowest BCUT2D eigenvalue weighted by Gasteiger charge is -2.34. The Labute approximate surface area is 138 Å². The van der Waals surface area contributed by atoms with Gasteiger partial charge in [-0.2, -0.15) is 0 Å². The zero-order valence-electron chi connectivity index (χ0n) is 14.7. The molecular formula is C16H29N5O2. The number of ether oxygens (including phenoxy) is 1. The van der Waals surface area contributed by atoms with Crippen LogP contribution >= 0.6 is 0 Å². The van der Waals surface area contributed by atoms with Gasteiger partial charge in [0.1, 0.15) is 0 Å². The topological polar surface area (TPSA) is 76.3 Å². The third-order valence-electron chi connectivity index (χ3n) is 5.53. The van der Waals surface area contributed by atoms with E-state index in [0.29, 0.717) is 12.5 Å². The third kappa shape index (κ3) is 3.27. The number of hydrogen-bond acceptors (Lipinski definition) is 6. The van der Waals surface area contributed by atoms with Crippen LogP contribution in [0.1, 0.15) is 46.4 Å². The van der Waals surface area contributed by atoms with Gasteiger partial charge in [-0.15, -0.1) is 5.10 Å². The summed E-state index contributed by atoms with van der Waals surface area (Å²) in [6.07, 6.45) is 1.77. The van der Waals surface area contributed by atoms with Crippen molar-refractivity contribution in [3.8, 4) is 0 Å². The van der Waals surface area contributed by atoms with Crippen LogP contribution in [0.2, 0.25) is 0 Å². The fraction of sp³-hybridized carbons (Fsp3) is 0.938. The van der Waals surface area contributed by atoms with E-state index in [4.69, 9.17) is 4.74 Å². The molecule has 1 aromatic heterocycles. The van der Waals surface area contributed by atoms with Gasteiger partial charge in [-0.1, -0.05) is 13.8 Å². The molecule has 23 heavy (non-hydrogen) atoms. The highest BCUT2D eigenvalue weighted by atomic mass is 16.5. The molecule has 0 amide bonds. The van der Waals surface area contributed by atoms with Crippen LogP contribution in [-0.2, 0) is 17.8 Å². The van der Waals surface area contributed by atoms with Crippen molar-refractivity contribution in [2.45, 2.75) is 65.3 Å². The molecule has 0 spiro atoms. The van der Waals surface area contributed by atoms with Gasteiger partial charge in [0.2, 0.25) is 0 Å². The van der Waals surface area contributed by atoms with Crippen LogP contribution in [-0.4, -0.2) is 61.6 Å². The lowest BCUT2D eigenvalue weighted by atomic mass is 9.82. The first-order valence-electron chi connectivity index (χ1n) is 8.56. The Morgan fingerprint density at radius 2 is 1.91 bits per heavy atom. The molecule has 2 aliphatic rings. The van der Waals surface area contributed by atoms with Gasteiger partial charge in [0.25, 0.3) is 0 Å². The highest BCUT2D eigenvalue weighted by Gasteiger charge is 2.51. The number of hydrogen-bond donors (Lipinski definition) is 1. The molecule has 130 valence electrons. The second-order valence-corrected chi connectivity index (χ2v) is 8.23. The van der Waals surface area contributed by atoms with E-state index < -0.39 is 0 Å². The molecule has 2 fully saturated rings. The molecule has 1 unspecified atom stereocenters. The Kier molecular flexibility index (Phi) is 4.46. The molecule has 2 saturated heterocycles. The van der Waals surface area contributed by atoms with E-state index in [9.17, 15) is 5.11 Å². The molecule has 1 aromatic rings. The first kappa shape index (κ1) is 16.8. The van der Waals surface area contributed by atoms with Gasteiger partial charge in [0, 0.05) is 37.3 Å². The van der Waals surface area contributed by atoms with E-state index >= 15 is 0 Å². The Morgan fingerprint density at radius 1 is 1.22 bits per heavy atom. The summed E-state index contributed by atoms with van der Waals surface area (Å²) in [5, 5.41) is 22.9. The quantitative estimate of drug-likeness (QED) is 0.893. The van der Waals surface area contributed by atoms with Crippen molar-refractivity contribution in [3.63, 3.8) is 0 Å². The molecule has 7 nitrogen and oxygen atoms in total. The van der Waals surface area contributed by atoms with Crippen LogP contribution in [0.15, 0.2) is 0 Å². The van der Waals surface area contributed by atoms with Crippen LogP contribution in [0, 0.1) is 11.3 Å². The molecule has 1 atom stereocenters. The number of aliphatic hydroxyl groups is 1. The minimum Gasteiger partial charge on any atom is -0.391 e. The molecule has 3 rings (SSSR count). The highest BCUT2D eigenvalue weighted by molar-refractivity contribution is 5.06. The Hall–Kier alpha value is -1.05. The molecule has 0 saturated carbocycles. The fourth-order valence-corrected chi connectivity index (χ4v) is 3.99. The van der Waals surface area contributed by atoms with Gasteiger partial charge in [-0.25, -0.2) is 4.68 Å². The molecule has 0 bridgehead atoms. The summed E-state index contributed by atoms with van der Waals surface area (Å²) in [5.74, 6) is 1.47. The lowest BCUT2D eigenvalue weighted by Crippen LogP contribution is -2.46. The maximum atomic E-state index is 10.6. The van der Waals surface area contributed by atoms with Crippen molar-refractivity contribution in [2.24, 2.45) is 11.3 Å². The van der Waals surface area contributed by atoms with Gasteiger partial charge in [0.15, 0.2) is 5.82 Å². The fourth-order valence-electron chi connectivity index (χ4n) is 3.99. The Bertz CT molecular complexity index is 536. The average Bonchev–Trinajstić information content (AvgIpc) is 2.99. The van der Waals surface area contributed by atoms with Crippen molar-refractivity contribution in [2.75, 3.05) is 19.8 Å². The number of rotatable bonds is 4. The minimum atomic E-state index is -0.366. The van der Waals surface area contributed by atoms with E-state index in [0.717, 1.165) is 45.0 Å². The largest absolute Gasteiger partial charge is 0.391 e. The SMILES string of the molecule is CC1(C)CN(Cc2nnnn2CC2CCOCC2)C(C)(C)C1O. The Morgan fingerprint density at radius 3 is 2.52 bits per heavy atom. The average molecular weight is 323 g/mol. The van der Waals surface area contributed by atoms with Crippen molar-refractivity contribution in [1.82, 2.24) is 25.1 Å². The molecule has 7 heteroatoms.